The van der Waals surface area contributed by atoms with Crippen LogP contribution in [-0.4, -0.2) is 21.6 Å². The van der Waals surface area contributed by atoms with Gasteiger partial charge in [-0.3, -0.25) is 9.59 Å². The van der Waals surface area contributed by atoms with Gasteiger partial charge in [-0.2, -0.15) is 0 Å². The Morgan fingerprint density at radius 3 is 2.83 bits per heavy atom. The van der Waals surface area contributed by atoms with Gasteiger partial charge in [-0.15, -0.1) is 0 Å². The highest BCUT2D eigenvalue weighted by Crippen LogP contribution is 2.17. The number of unbranched alkanes of at least 4 members (excludes halogenated alkanes) is 1. The van der Waals surface area contributed by atoms with Gasteiger partial charge in [-0.05, 0) is 30.9 Å². The quantitative estimate of drug-likeness (QED) is 0.568. The summed E-state index contributed by atoms with van der Waals surface area (Å²) < 4.78 is 0. The number of hydrogen-bond donors (Lipinski definition) is 2. The topological polar surface area (TPSA) is 74.8 Å². The van der Waals surface area contributed by atoms with Crippen molar-refractivity contribution >= 4 is 23.4 Å². The molecule has 2 N–H and O–H groups in total. The van der Waals surface area contributed by atoms with E-state index in [9.17, 15) is 9.59 Å². The van der Waals surface area contributed by atoms with Crippen molar-refractivity contribution in [3.05, 3.63) is 51.9 Å². The molecule has 1 amide bonds. The first-order chi connectivity index (χ1) is 11.6. The van der Waals surface area contributed by atoms with Crippen molar-refractivity contribution in [3.63, 3.8) is 0 Å². The largest absolute Gasteiger partial charge is 0.325 e. The molecule has 0 unspecified atom stereocenters. The van der Waals surface area contributed by atoms with E-state index >= 15 is 0 Å². The summed E-state index contributed by atoms with van der Waals surface area (Å²) in [7, 11) is 0. The third-order valence-corrected chi connectivity index (χ3v) is 4.45. The maximum atomic E-state index is 12.1. The molecule has 1 aromatic carbocycles. The SMILES string of the molecule is CCCCc1cc(=O)[nH]c(SCC(=O)Nc2ccccc2CC)n1. The third kappa shape index (κ3) is 5.53. The summed E-state index contributed by atoms with van der Waals surface area (Å²) in [6, 6.07) is 9.28. The molecule has 6 heteroatoms. The van der Waals surface area contributed by atoms with Gasteiger partial charge in [0.15, 0.2) is 5.16 Å². The van der Waals surface area contributed by atoms with Crippen molar-refractivity contribution in [3.8, 4) is 0 Å². The van der Waals surface area contributed by atoms with Crippen molar-refractivity contribution in [1.29, 1.82) is 0 Å². The maximum Gasteiger partial charge on any atom is 0.251 e. The molecule has 1 aromatic heterocycles. The second kappa shape index (κ2) is 9.27. The summed E-state index contributed by atoms with van der Waals surface area (Å²) in [5, 5.41) is 3.41. The van der Waals surface area contributed by atoms with Gasteiger partial charge in [-0.1, -0.05) is 50.2 Å². The monoisotopic (exact) mass is 345 g/mol. The van der Waals surface area contributed by atoms with Crippen LogP contribution in [0.25, 0.3) is 0 Å². The number of thioether (sulfide) groups is 1. The first-order valence-electron chi connectivity index (χ1n) is 8.23. The molecular formula is C18H23N3O2S. The lowest BCUT2D eigenvalue weighted by molar-refractivity contribution is -0.113. The second-order valence-electron chi connectivity index (χ2n) is 5.49. The number of amides is 1. The number of para-hydroxylation sites is 1. The van der Waals surface area contributed by atoms with Crippen LogP contribution in [-0.2, 0) is 17.6 Å². The average Bonchev–Trinajstić information content (AvgIpc) is 2.58. The zero-order chi connectivity index (χ0) is 17.4. The van der Waals surface area contributed by atoms with E-state index in [2.05, 4.69) is 29.1 Å². The highest BCUT2D eigenvalue weighted by molar-refractivity contribution is 7.99. The van der Waals surface area contributed by atoms with Gasteiger partial charge in [0.2, 0.25) is 5.91 Å². The third-order valence-electron chi connectivity index (χ3n) is 3.57. The lowest BCUT2D eigenvalue weighted by Gasteiger charge is -2.09. The lowest BCUT2D eigenvalue weighted by atomic mass is 10.1. The molecule has 0 saturated carbocycles. The van der Waals surface area contributed by atoms with Crippen LogP contribution < -0.4 is 10.9 Å². The average molecular weight is 345 g/mol. The Bertz CT molecular complexity index is 743. The van der Waals surface area contributed by atoms with Gasteiger partial charge in [0.05, 0.1) is 5.75 Å². The number of carbonyl (C=O) groups is 1. The molecule has 0 radical (unpaired) electrons. The summed E-state index contributed by atoms with van der Waals surface area (Å²) in [5.41, 5.74) is 2.54. The van der Waals surface area contributed by atoms with Crippen molar-refractivity contribution < 1.29 is 4.79 Å². The van der Waals surface area contributed by atoms with Crippen LogP contribution in [0.5, 0.6) is 0 Å². The van der Waals surface area contributed by atoms with E-state index in [0.29, 0.717) is 5.16 Å². The van der Waals surface area contributed by atoms with Crippen LogP contribution in [0.1, 0.15) is 37.9 Å². The number of aromatic nitrogens is 2. The van der Waals surface area contributed by atoms with Gasteiger partial charge >= 0.3 is 0 Å². The number of nitrogens with zero attached hydrogens (tertiary/aromatic N) is 1. The summed E-state index contributed by atoms with van der Waals surface area (Å²) in [6.07, 6.45) is 3.69. The fourth-order valence-electron chi connectivity index (χ4n) is 2.31. The molecule has 128 valence electrons. The van der Waals surface area contributed by atoms with Gasteiger partial charge in [0.1, 0.15) is 0 Å². The molecule has 0 aliphatic carbocycles. The van der Waals surface area contributed by atoms with Crippen LogP contribution >= 0.6 is 11.8 Å². The summed E-state index contributed by atoms with van der Waals surface area (Å²) in [6.45, 7) is 4.15. The van der Waals surface area contributed by atoms with E-state index in [1.165, 1.54) is 17.8 Å². The van der Waals surface area contributed by atoms with Crippen LogP contribution in [0.4, 0.5) is 5.69 Å². The van der Waals surface area contributed by atoms with Gasteiger partial charge in [0.25, 0.3) is 5.56 Å². The smallest absolute Gasteiger partial charge is 0.251 e. The zero-order valence-electron chi connectivity index (χ0n) is 14.1. The van der Waals surface area contributed by atoms with Crippen LogP contribution in [0.3, 0.4) is 0 Å². The number of hydrogen-bond acceptors (Lipinski definition) is 4. The van der Waals surface area contributed by atoms with E-state index < -0.39 is 0 Å². The van der Waals surface area contributed by atoms with Gasteiger partial charge in [-0.25, -0.2) is 4.98 Å². The minimum absolute atomic E-state index is 0.109. The van der Waals surface area contributed by atoms with Crippen molar-refractivity contribution in [2.45, 2.75) is 44.7 Å². The normalized spacial score (nSPS) is 10.6. The number of aromatic amines is 1. The fraction of sp³-hybridized carbons (Fsp3) is 0.389. The van der Waals surface area contributed by atoms with E-state index in [1.807, 2.05) is 24.3 Å². The number of aryl methyl sites for hydroxylation is 2. The maximum absolute atomic E-state index is 12.1. The predicted molar refractivity (Wildman–Crippen MR) is 98.6 cm³/mol. The molecular weight excluding hydrogens is 322 g/mol. The zero-order valence-corrected chi connectivity index (χ0v) is 14.9. The minimum atomic E-state index is -0.171. The molecule has 0 aliphatic heterocycles. The molecule has 0 fully saturated rings. The van der Waals surface area contributed by atoms with Crippen molar-refractivity contribution in [2.75, 3.05) is 11.1 Å². The Labute approximate surface area is 146 Å². The molecule has 0 spiro atoms. The van der Waals surface area contributed by atoms with Crippen LogP contribution in [0.15, 0.2) is 40.3 Å². The number of carbonyl (C=O) groups excluding carboxylic acids is 1. The molecule has 0 atom stereocenters. The molecule has 0 aliphatic rings. The van der Waals surface area contributed by atoms with E-state index in [1.54, 1.807) is 0 Å². The highest BCUT2D eigenvalue weighted by Gasteiger charge is 2.08. The Balaban J connectivity index is 1.96. The predicted octanol–water partition coefficient (Wildman–Crippen LogP) is 3.41. The van der Waals surface area contributed by atoms with Gasteiger partial charge in [0, 0.05) is 17.4 Å². The first-order valence-corrected chi connectivity index (χ1v) is 9.21. The number of nitrogens with one attached hydrogen (secondary N) is 2. The minimum Gasteiger partial charge on any atom is -0.325 e. The van der Waals surface area contributed by atoms with E-state index in [4.69, 9.17) is 0 Å². The number of rotatable bonds is 8. The van der Waals surface area contributed by atoms with E-state index in [-0.39, 0.29) is 17.2 Å². The number of anilines is 1. The Kier molecular flexibility index (Phi) is 7.06. The highest BCUT2D eigenvalue weighted by atomic mass is 32.2. The molecule has 2 rings (SSSR count). The molecule has 0 bridgehead atoms. The van der Waals surface area contributed by atoms with Crippen LogP contribution in [0, 0.1) is 0 Å². The molecule has 2 aromatic rings. The van der Waals surface area contributed by atoms with Crippen LogP contribution in [0.2, 0.25) is 0 Å². The summed E-state index contributed by atoms with van der Waals surface area (Å²) in [5.74, 6) is 0.0978. The lowest BCUT2D eigenvalue weighted by Crippen LogP contribution is -2.16. The summed E-state index contributed by atoms with van der Waals surface area (Å²) in [4.78, 5) is 30.9. The van der Waals surface area contributed by atoms with Crippen molar-refractivity contribution in [1.82, 2.24) is 9.97 Å². The fourth-order valence-corrected chi connectivity index (χ4v) is 3.00. The van der Waals surface area contributed by atoms with Crippen molar-refractivity contribution in [2.24, 2.45) is 0 Å². The summed E-state index contributed by atoms with van der Waals surface area (Å²) >= 11 is 1.24. The van der Waals surface area contributed by atoms with E-state index in [0.717, 1.165) is 42.6 Å². The molecule has 24 heavy (non-hydrogen) atoms. The Morgan fingerprint density at radius 2 is 2.08 bits per heavy atom. The Morgan fingerprint density at radius 1 is 1.29 bits per heavy atom. The number of benzene rings is 1. The Hall–Kier alpha value is -2.08. The first kappa shape index (κ1) is 18.3. The second-order valence-corrected chi connectivity index (χ2v) is 6.46. The van der Waals surface area contributed by atoms with Gasteiger partial charge < -0.3 is 10.3 Å². The number of H-pyrrole nitrogens is 1. The molecule has 0 saturated heterocycles. The standard InChI is InChI=1S/C18H23N3O2S/c1-3-5-9-14-11-16(22)21-18(19-14)24-12-17(23)20-15-10-7-6-8-13(15)4-2/h6-8,10-11H,3-5,9,12H2,1-2H3,(H,20,23)(H,19,21,22). The molecule has 1 heterocycles. The molecule has 5 nitrogen and oxygen atoms in total.